The molecule has 0 aromatic heterocycles. The molecule has 1 rings (SSSR count). The molecule has 1 aliphatic heterocycles. The van der Waals surface area contributed by atoms with E-state index in [2.05, 4.69) is 4.90 Å². The van der Waals surface area contributed by atoms with Crippen LogP contribution in [0, 0.1) is 0 Å². The van der Waals surface area contributed by atoms with Crippen LogP contribution in [0.2, 0.25) is 0 Å². The molecule has 8 heteroatoms. The van der Waals surface area contributed by atoms with Crippen LogP contribution in [0.4, 0.5) is 0 Å². The molecule has 17 heavy (non-hydrogen) atoms. The van der Waals surface area contributed by atoms with Crippen LogP contribution < -0.4 is 0 Å². The number of rotatable bonds is 5. The van der Waals surface area contributed by atoms with E-state index in [-0.39, 0.29) is 11.9 Å². The van der Waals surface area contributed by atoms with Crippen molar-refractivity contribution >= 4 is 11.9 Å². The number of carbonyl (C=O) groups is 2. The van der Waals surface area contributed by atoms with Crippen LogP contribution in [0.25, 0.3) is 0 Å². The summed E-state index contributed by atoms with van der Waals surface area (Å²) in [5, 5.41) is 0. The van der Waals surface area contributed by atoms with Crippen LogP contribution in [0.1, 0.15) is 13.8 Å². The van der Waals surface area contributed by atoms with E-state index in [0.29, 0.717) is 1.06 Å². The van der Waals surface area contributed by atoms with Crippen molar-refractivity contribution in [3.05, 3.63) is 0 Å². The molecule has 0 radical (unpaired) electrons. The Morgan fingerprint density at radius 2 is 1.59 bits per heavy atom. The van der Waals surface area contributed by atoms with E-state index in [1.807, 2.05) is 0 Å². The first-order valence-corrected chi connectivity index (χ1v) is 16.5. The second-order valence-corrected chi connectivity index (χ2v) is 33.5. The predicted molar refractivity (Wildman–Crippen MR) is 49.7 cm³/mol. The molecule has 6 nitrogen and oxygen atoms in total. The third-order valence-electron chi connectivity index (χ3n) is 2.52. The summed E-state index contributed by atoms with van der Waals surface area (Å²) in [7, 11) is 0. The van der Waals surface area contributed by atoms with Gasteiger partial charge in [0.15, 0.2) is 0 Å². The summed E-state index contributed by atoms with van der Waals surface area (Å²) in [5.41, 5.74) is 0. The Hall–Kier alpha value is 0.730. The molecule has 0 atom stereocenters. The molecule has 0 aromatic rings. The van der Waals surface area contributed by atoms with Crippen molar-refractivity contribution in [2.75, 3.05) is 26.3 Å². The maximum absolute atomic E-state index is 10.9. The van der Waals surface area contributed by atoms with Crippen molar-refractivity contribution in [2.24, 2.45) is 0 Å². The summed E-state index contributed by atoms with van der Waals surface area (Å²) in [6.45, 7) is 6.06. The van der Waals surface area contributed by atoms with Gasteiger partial charge in [0.1, 0.15) is 0 Å². The van der Waals surface area contributed by atoms with Gasteiger partial charge in [-0.15, -0.1) is 0 Å². The van der Waals surface area contributed by atoms with E-state index in [9.17, 15) is 9.59 Å². The molecule has 0 aromatic carbocycles. The maximum atomic E-state index is 10.9. The van der Waals surface area contributed by atoms with Gasteiger partial charge < -0.3 is 0 Å². The number of nitrogens with zero attached hydrogens (tertiary/aromatic N) is 1. The molecule has 1 fully saturated rings. The molecule has 1 heterocycles. The van der Waals surface area contributed by atoms with Crippen molar-refractivity contribution in [1.29, 1.82) is 0 Å². The van der Waals surface area contributed by atoms with Gasteiger partial charge in [-0.3, -0.25) is 0 Å². The number of morpholine rings is 1. The molecule has 0 unspecified atom stereocenters. The Labute approximate surface area is 127 Å². The quantitative estimate of drug-likeness (QED) is 0.396. The van der Waals surface area contributed by atoms with E-state index in [1.165, 1.54) is 13.8 Å². The number of carbonyl (C=O) groups excluding carboxylic acids is 2. The van der Waals surface area contributed by atoms with Crippen LogP contribution >= 0.6 is 0 Å². The van der Waals surface area contributed by atoms with Crippen molar-refractivity contribution in [1.82, 2.24) is 4.90 Å². The Morgan fingerprint density at radius 3 is 2.00 bits per heavy atom. The molecule has 0 N–H and O–H groups in total. The molecule has 0 amide bonds. The van der Waals surface area contributed by atoms with Crippen LogP contribution in [-0.4, -0.2) is 44.2 Å². The number of hydrogen-bond acceptors (Lipinski definition) is 6. The molecular formula is C9H15Hg2NO5. The van der Waals surface area contributed by atoms with E-state index in [1.54, 1.807) is 0 Å². The second kappa shape index (κ2) is 8.77. The fourth-order valence-corrected chi connectivity index (χ4v) is 21.1. The molecule has 0 spiro atoms. The standard InChI is InChI=1S/C5H9NO.2C2H4O2.2Hg/c1-6-2-4-7-5-3-6;2*1-2(3)4;;/h1H,2-5H2;2*1H3,(H,3,4);;/q;;;2*+1/p-2. The normalized spacial score (nSPS) is 15.9. The molecule has 0 saturated carbocycles. The molecule has 1 saturated heterocycles. The van der Waals surface area contributed by atoms with Gasteiger partial charge in [-0.1, -0.05) is 0 Å². The monoisotopic (exact) mass is 621 g/mol. The summed E-state index contributed by atoms with van der Waals surface area (Å²) in [6, 6.07) is 0. The molecular weight excluding hydrogens is 603 g/mol. The summed E-state index contributed by atoms with van der Waals surface area (Å²) in [5.74, 6) is -0.387. The minimum absolute atomic E-state index is 0.193. The average Bonchev–Trinajstić information content (AvgIpc) is 2.29. The average molecular weight is 618 g/mol. The van der Waals surface area contributed by atoms with E-state index in [0.717, 1.165) is 26.3 Å². The van der Waals surface area contributed by atoms with E-state index < -0.39 is 50.1 Å². The minimum atomic E-state index is -1.75. The number of ether oxygens (including phenoxy) is 1. The predicted octanol–water partition coefficient (Wildman–Crippen LogP) is -0.277. The first-order valence-electron chi connectivity index (χ1n) is 5.68. The van der Waals surface area contributed by atoms with E-state index >= 15 is 0 Å². The van der Waals surface area contributed by atoms with Gasteiger partial charge >= 0.3 is 128 Å². The zero-order valence-corrected chi connectivity index (χ0v) is 21.3. The fraction of sp³-hybridized carbons (Fsp3) is 0.778. The summed E-state index contributed by atoms with van der Waals surface area (Å²) in [6.07, 6.45) is 0. The molecule has 90 valence electrons. The van der Waals surface area contributed by atoms with Crippen molar-refractivity contribution in [2.45, 2.75) is 14.9 Å². The number of hydrogen-bond donors (Lipinski definition) is 0. The molecule has 1 aliphatic rings. The molecule has 0 aliphatic carbocycles. The first kappa shape index (κ1) is 15.8. The van der Waals surface area contributed by atoms with Gasteiger partial charge in [-0.05, 0) is 0 Å². The van der Waals surface area contributed by atoms with Crippen LogP contribution in [-0.2, 0) is 69.7 Å². The Morgan fingerprint density at radius 1 is 1.12 bits per heavy atom. The summed E-state index contributed by atoms with van der Waals surface area (Å²) < 4.78 is 16.2. The van der Waals surface area contributed by atoms with Crippen molar-refractivity contribution in [3.63, 3.8) is 0 Å². The second-order valence-electron chi connectivity index (χ2n) is 3.91. The Kier molecular flexibility index (Phi) is 8.14. The summed E-state index contributed by atoms with van der Waals surface area (Å²) >= 11 is -3.50. The van der Waals surface area contributed by atoms with Gasteiger partial charge in [0, 0.05) is 0 Å². The van der Waals surface area contributed by atoms with Crippen LogP contribution in [0.3, 0.4) is 0 Å². The third-order valence-corrected chi connectivity index (χ3v) is 30.1. The van der Waals surface area contributed by atoms with Gasteiger partial charge in [0.2, 0.25) is 0 Å². The van der Waals surface area contributed by atoms with Gasteiger partial charge in [0.25, 0.3) is 0 Å². The van der Waals surface area contributed by atoms with E-state index in [4.69, 9.17) is 10.0 Å². The fourth-order valence-electron chi connectivity index (χ4n) is 1.63. The van der Waals surface area contributed by atoms with Crippen LogP contribution in [0.5, 0.6) is 0 Å². The van der Waals surface area contributed by atoms with Crippen molar-refractivity contribution in [3.8, 4) is 0 Å². The zero-order chi connectivity index (χ0) is 12.7. The topological polar surface area (TPSA) is 65.1 Å². The Bertz CT molecular complexity index is 252. The SMILES string of the molecule is CC(=O)[O][Hg][CH]([Hg][O]C(C)=O)N1CCOCC1. The summed E-state index contributed by atoms with van der Waals surface area (Å²) in [4.78, 5) is 24.1. The van der Waals surface area contributed by atoms with Gasteiger partial charge in [-0.2, -0.15) is 0 Å². The van der Waals surface area contributed by atoms with Crippen molar-refractivity contribution < 1.29 is 69.7 Å². The first-order chi connectivity index (χ1) is 8.09. The molecule has 0 bridgehead atoms. The van der Waals surface area contributed by atoms with Gasteiger partial charge in [0.05, 0.1) is 0 Å². The Balaban J connectivity index is 2.43. The van der Waals surface area contributed by atoms with Gasteiger partial charge in [-0.25, -0.2) is 0 Å². The third kappa shape index (κ3) is 7.03. The van der Waals surface area contributed by atoms with Crippen LogP contribution in [0.15, 0.2) is 0 Å². The zero-order valence-electron chi connectivity index (χ0n) is 10.3.